The highest BCUT2D eigenvalue weighted by Gasteiger charge is 2.17. The molecule has 0 bridgehead atoms. The third kappa shape index (κ3) is 4.13. The maximum Gasteiger partial charge on any atom is 0.333 e. The Morgan fingerprint density at radius 2 is 1.48 bits per heavy atom. The lowest BCUT2D eigenvalue weighted by atomic mass is 10.2. The molecule has 29 heavy (non-hydrogen) atoms. The van der Waals surface area contributed by atoms with Crippen LogP contribution in [0.5, 0.6) is 17.2 Å². The number of anilines is 1. The minimum absolute atomic E-state index is 0.234. The lowest BCUT2D eigenvalue weighted by molar-refractivity contribution is 0.102. The molecule has 1 aromatic heterocycles. The summed E-state index contributed by atoms with van der Waals surface area (Å²) in [6, 6.07) is 11.1. The van der Waals surface area contributed by atoms with Gasteiger partial charge in [-0.05, 0) is 24.3 Å². The average Bonchev–Trinajstić information content (AvgIpc) is 2.73. The number of nitrogens with zero attached hydrogens (tertiary/aromatic N) is 1. The second-order valence-electron chi connectivity index (χ2n) is 5.90. The van der Waals surface area contributed by atoms with Crippen molar-refractivity contribution < 1.29 is 19.0 Å². The van der Waals surface area contributed by atoms with Gasteiger partial charge in [0.2, 0.25) is 0 Å². The number of nitrogens with one attached hydrogen (secondary N) is 2. The van der Waals surface area contributed by atoms with Gasteiger partial charge in [0, 0.05) is 30.1 Å². The molecule has 0 atom stereocenters. The fourth-order valence-corrected chi connectivity index (χ4v) is 2.68. The number of amides is 1. The van der Waals surface area contributed by atoms with E-state index in [0.29, 0.717) is 28.6 Å². The first-order valence-electron chi connectivity index (χ1n) is 8.50. The summed E-state index contributed by atoms with van der Waals surface area (Å²) in [5.41, 5.74) is -0.990. The third-order valence-electron chi connectivity index (χ3n) is 4.16. The molecule has 1 heterocycles. The van der Waals surface area contributed by atoms with Crippen LogP contribution in [0.15, 0.2) is 58.3 Å². The molecular weight excluding hydrogens is 378 g/mol. The number of aromatic nitrogens is 2. The quantitative estimate of drug-likeness (QED) is 0.656. The van der Waals surface area contributed by atoms with E-state index in [1.807, 2.05) is 0 Å². The Labute approximate surface area is 165 Å². The van der Waals surface area contributed by atoms with Crippen LogP contribution in [0.3, 0.4) is 0 Å². The van der Waals surface area contributed by atoms with Crippen molar-refractivity contribution >= 4 is 11.6 Å². The summed E-state index contributed by atoms with van der Waals surface area (Å²) in [6.45, 7) is 0. The Morgan fingerprint density at radius 3 is 2.03 bits per heavy atom. The number of carbonyl (C=O) groups excluding carboxylic acids is 1. The van der Waals surface area contributed by atoms with Crippen molar-refractivity contribution in [3.05, 3.63) is 75.1 Å². The number of hydrogen-bond donors (Lipinski definition) is 2. The van der Waals surface area contributed by atoms with E-state index in [2.05, 4.69) is 10.3 Å². The minimum Gasteiger partial charge on any atom is -0.497 e. The minimum atomic E-state index is -0.758. The van der Waals surface area contributed by atoms with Crippen molar-refractivity contribution in [2.45, 2.75) is 0 Å². The van der Waals surface area contributed by atoms with Gasteiger partial charge in [0.1, 0.15) is 22.8 Å². The SMILES string of the molecule is COc1ccc(-n2c(=O)[nH]cc(C(=O)Nc3cc(OC)cc(OC)c3)c2=O)cc1. The smallest absolute Gasteiger partial charge is 0.333 e. The number of hydrogen-bond acceptors (Lipinski definition) is 6. The largest absolute Gasteiger partial charge is 0.497 e. The zero-order valence-electron chi connectivity index (χ0n) is 16.0. The molecule has 3 aromatic rings. The molecule has 0 unspecified atom stereocenters. The van der Waals surface area contributed by atoms with Gasteiger partial charge in [-0.1, -0.05) is 0 Å². The maximum absolute atomic E-state index is 12.8. The molecule has 9 heteroatoms. The van der Waals surface area contributed by atoms with Crippen LogP contribution >= 0.6 is 0 Å². The van der Waals surface area contributed by atoms with Gasteiger partial charge in [-0.3, -0.25) is 9.59 Å². The molecule has 0 aliphatic rings. The first-order chi connectivity index (χ1) is 14.0. The van der Waals surface area contributed by atoms with Crippen molar-refractivity contribution in [2.24, 2.45) is 0 Å². The molecular formula is C20H19N3O6. The van der Waals surface area contributed by atoms with Crippen molar-refractivity contribution in [1.82, 2.24) is 9.55 Å². The number of benzene rings is 2. The van der Waals surface area contributed by atoms with Gasteiger partial charge in [0.25, 0.3) is 11.5 Å². The molecule has 0 saturated carbocycles. The Kier molecular flexibility index (Phi) is 5.68. The summed E-state index contributed by atoms with van der Waals surface area (Å²) in [6.07, 6.45) is 1.08. The van der Waals surface area contributed by atoms with Crippen molar-refractivity contribution in [1.29, 1.82) is 0 Å². The highest BCUT2D eigenvalue weighted by Crippen LogP contribution is 2.26. The average molecular weight is 397 g/mol. The Balaban J connectivity index is 1.98. The Hall–Kier alpha value is -4.01. The van der Waals surface area contributed by atoms with Gasteiger partial charge in [-0.15, -0.1) is 0 Å². The summed E-state index contributed by atoms with van der Waals surface area (Å²) in [5, 5.41) is 2.61. The summed E-state index contributed by atoms with van der Waals surface area (Å²) in [7, 11) is 4.47. The van der Waals surface area contributed by atoms with Gasteiger partial charge in [0.05, 0.1) is 27.0 Å². The van der Waals surface area contributed by atoms with Crippen LogP contribution < -0.4 is 30.8 Å². The predicted molar refractivity (Wildman–Crippen MR) is 107 cm³/mol. The normalized spacial score (nSPS) is 10.3. The number of rotatable bonds is 6. The molecule has 0 aliphatic carbocycles. The van der Waals surface area contributed by atoms with Crippen LogP contribution in [-0.4, -0.2) is 36.8 Å². The fraction of sp³-hybridized carbons (Fsp3) is 0.150. The monoisotopic (exact) mass is 397 g/mol. The lowest BCUT2D eigenvalue weighted by Crippen LogP contribution is -2.38. The van der Waals surface area contributed by atoms with E-state index in [1.54, 1.807) is 42.5 Å². The predicted octanol–water partition coefficient (Wildman–Crippen LogP) is 1.80. The lowest BCUT2D eigenvalue weighted by Gasteiger charge is -2.11. The second kappa shape index (κ2) is 8.34. The topological polar surface area (TPSA) is 112 Å². The second-order valence-corrected chi connectivity index (χ2v) is 5.90. The summed E-state index contributed by atoms with van der Waals surface area (Å²) in [5.74, 6) is 0.816. The first kappa shape index (κ1) is 19.7. The molecule has 3 rings (SSSR count). The van der Waals surface area contributed by atoms with Gasteiger partial charge >= 0.3 is 5.69 Å². The molecule has 1 amide bonds. The van der Waals surface area contributed by atoms with Crippen molar-refractivity contribution in [3.63, 3.8) is 0 Å². The number of ether oxygens (including phenoxy) is 3. The van der Waals surface area contributed by atoms with E-state index in [1.165, 1.54) is 21.3 Å². The van der Waals surface area contributed by atoms with Crippen LogP contribution in [0.2, 0.25) is 0 Å². The van der Waals surface area contributed by atoms with Gasteiger partial charge in [0.15, 0.2) is 0 Å². The maximum atomic E-state index is 12.8. The molecule has 150 valence electrons. The van der Waals surface area contributed by atoms with E-state index >= 15 is 0 Å². The van der Waals surface area contributed by atoms with Crippen LogP contribution in [0, 0.1) is 0 Å². The summed E-state index contributed by atoms with van der Waals surface area (Å²) >= 11 is 0. The highest BCUT2D eigenvalue weighted by atomic mass is 16.5. The van der Waals surface area contributed by atoms with Gasteiger partial charge in [-0.25, -0.2) is 9.36 Å². The third-order valence-corrected chi connectivity index (χ3v) is 4.16. The molecule has 2 N–H and O–H groups in total. The molecule has 9 nitrogen and oxygen atoms in total. The van der Waals surface area contributed by atoms with Crippen LogP contribution in [-0.2, 0) is 0 Å². The highest BCUT2D eigenvalue weighted by molar-refractivity contribution is 6.04. The zero-order chi connectivity index (χ0) is 21.0. The molecule has 0 saturated heterocycles. The van der Waals surface area contributed by atoms with Crippen LogP contribution in [0.4, 0.5) is 5.69 Å². The van der Waals surface area contributed by atoms with E-state index in [9.17, 15) is 14.4 Å². The summed E-state index contributed by atoms with van der Waals surface area (Å²) < 4.78 is 16.3. The molecule has 0 spiro atoms. The Morgan fingerprint density at radius 1 is 0.897 bits per heavy atom. The number of aromatic amines is 1. The first-order valence-corrected chi connectivity index (χ1v) is 8.50. The van der Waals surface area contributed by atoms with E-state index in [-0.39, 0.29) is 5.56 Å². The fourth-order valence-electron chi connectivity index (χ4n) is 2.68. The van der Waals surface area contributed by atoms with Gasteiger partial charge in [-0.2, -0.15) is 0 Å². The van der Waals surface area contributed by atoms with E-state index < -0.39 is 17.2 Å². The van der Waals surface area contributed by atoms with Gasteiger partial charge < -0.3 is 24.5 Å². The van der Waals surface area contributed by atoms with E-state index in [0.717, 1.165) is 10.8 Å². The summed E-state index contributed by atoms with van der Waals surface area (Å²) in [4.78, 5) is 40.1. The zero-order valence-corrected chi connectivity index (χ0v) is 16.0. The van der Waals surface area contributed by atoms with Crippen molar-refractivity contribution in [2.75, 3.05) is 26.6 Å². The molecule has 2 aromatic carbocycles. The van der Waals surface area contributed by atoms with Crippen LogP contribution in [0.25, 0.3) is 5.69 Å². The number of H-pyrrole nitrogens is 1. The Bertz CT molecular complexity index is 1130. The standard InChI is InChI=1S/C20H19N3O6/c1-27-14-6-4-13(5-7-14)23-19(25)17(11-21-20(23)26)18(24)22-12-8-15(28-2)10-16(9-12)29-3/h4-11H,1-3H3,(H,21,26)(H,22,24). The number of carbonyl (C=O) groups is 1. The van der Waals surface area contributed by atoms with Crippen molar-refractivity contribution in [3.8, 4) is 22.9 Å². The molecule has 0 fully saturated rings. The van der Waals surface area contributed by atoms with E-state index in [4.69, 9.17) is 14.2 Å². The molecule has 0 radical (unpaired) electrons. The molecule has 0 aliphatic heterocycles. The van der Waals surface area contributed by atoms with Crippen LogP contribution in [0.1, 0.15) is 10.4 Å². The number of methoxy groups -OCH3 is 3.